The zero-order chi connectivity index (χ0) is 41.0. The molecule has 2 saturated heterocycles. The number of aromatic nitrogens is 8. The van der Waals surface area contributed by atoms with Gasteiger partial charge in [-0.3, -0.25) is 0 Å². The highest BCUT2D eigenvalue weighted by Crippen LogP contribution is 2.58. The van der Waals surface area contributed by atoms with E-state index in [1.807, 2.05) is 27.2 Å². The van der Waals surface area contributed by atoms with Crippen molar-refractivity contribution in [2.45, 2.75) is 136 Å². The van der Waals surface area contributed by atoms with Gasteiger partial charge in [0.1, 0.15) is 16.0 Å². The Bertz CT molecular complexity index is 3010. The summed E-state index contributed by atoms with van der Waals surface area (Å²) >= 11 is 3.98. The van der Waals surface area contributed by atoms with Crippen LogP contribution in [0.4, 0.5) is 0 Å². The Balaban J connectivity index is 0.787. The molecular weight excluding hydrogens is 781 g/mol. The summed E-state index contributed by atoms with van der Waals surface area (Å²) in [5.41, 5.74) is 15.5. The van der Waals surface area contributed by atoms with Crippen LogP contribution in [0.15, 0.2) is 30.9 Å². The summed E-state index contributed by atoms with van der Waals surface area (Å²) in [6.07, 6.45) is 14.6. The Hall–Kier alpha value is -4.36. The molecular formula is C48H56N10S2. The number of aryl methyl sites for hydroxylation is 4. The van der Waals surface area contributed by atoms with Crippen LogP contribution in [0.5, 0.6) is 0 Å². The lowest BCUT2D eigenvalue weighted by Gasteiger charge is -2.46. The largest absolute Gasteiger partial charge is 0.346 e. The predicted octanol–water partition coefficient (Wildman–Crippen LogP) is 11.3. The fraction of sp³-hybridized carbons (Fsp3) is 0.500. The normalized spacial score (nSPS) is 25.5. The molecule has 8 aromatic rings. The number of rotatable bonds is 7. The van der Waals surface area contributed by atoms with Crippen molar-refractivity contribution in [3.05, 3.63) is 79.8 Å². The summed E-state index contributed by atoms with van der Waals surface area (Å²) in [5.74, 6) is 3.00. The third kappa shape index (κ3) is 5.42. The van der Waals surface area contributed by atoms with Crippen molar-refractivity contribution in [1.29, 1.82) is 0 Å². The highest BCUT2D eigenvalue weighted by Gasteiger charge is 2.51. The van der Waals surface area contributed by atoms with Crippen LogP contribution >= 0.6 is 22.7 Å². The van der Waals surface area contributed by atoms with Crippen LogP contribution in [0.2, 0.25) is 0 Å². The Morgan fingerprint density at radius 2 is 1.35 bits per heavy atom. The summed E-state index contributed by atoms with van der Waals surface area (Å²) in [4.78, 5) is 23.3. The molecule has 10 nitrogen and oxygen atoms in total. The molecule has 12 heteroatoms. The van der Waals surface area contributed by atoms with Gasteiger partial charge in [0.2, 0.25) is 0 Å². The van der Waals surface area contributed by atoms with Gasteiger partial charge in [0, 0.05) is 56.1 Å². The summed E-state index contributed by atoms with van der Waals surface area (Å²) in [5, 5.41) is 20.2. The quantitative estimate of drug-likeness (QED) is 0.127. The maximum absolute atomic E-state index is 5.20. The van der Waals surface area contributed by atoms with Crippen LogP contribution in [-0.4, -0.2) is 57.8 Å². The molecule has 2 aliphatic heterocycles. The van der Waals surface area contributed by atoms with E-state index in [4.69, 9.17) is 10.1 Å². The number of thiophene rings is 2. The average Bonchev–Trinajstić information content (AvgIpc) is 4.02. The van der Waals surface area contributed by atoms with E-state index in [9.17, 15) is 0 Å². The molecule has 4 fully saturated rings. The number of nitrogens with zero attached hydrogens (tertiary/aromatic N) is 6. The van der Waals surface area contributed by atoms with E-state index < -0.39 is 0 Å². The van der Waals surface area contributed by atoms with Gasteiger partial charge in [-0.1, -0.05) is 27.7 Å². The van der Waals surface area contributed by atoms with Crippen LogP contribution in [0.3, 0.4) is 0 Å². The minimum absolute atomic E-state index is 0.154. The van der Waals surface area contributed by atoms with Gasteiger partial charge >= 0.3 is 0 Å². The number of nitrogens with one attached hydrogen (secondary N) is 4. The van der Waals surface area contributed by atoms with Crippen molar-refractivity contribution < 1.29 is 0 Å². The molecule has 8 aromatic heterocycles. The lowest BCUT2D eigenvalue weighted by molar-refractivity contribution is 0.129. The van der Waals surface area contributed by atoms with Crippen molar-refractivity contribution >= 4 is 54.4 Å². The van der Waals surface area contributed by atoms with E-state index in [0.717, 1.165) is 41.9 Å². The number of H-pyrrole nitrogens is 2. The first-order valence-corrected chi connectivity index (χ1v) is 24.0. The summed E-state index contributed by atoms with van der Waals surface area (Å²) in [6, 6.07) is 4.74. The zero-order valence-electron chi connectivity index (χ0n) is 36.1. The van der Waals surface area contributed by atoms with E-state index in [2.05, 4.69) is 115 Å². The van der Waals surface area contributed by atoms with Gasteiger partial charge in [-0.05, 0) is 154 Å². The molecule has 60 heavy (non-hydrogen) atoms. The lowest BCUT2D eigenvalue weighted by atomic mass is 9.61. The van der Waals surface area contributed by atoms with Crippen molar-refractivity contribution in [3.8, 4) is 22.5 Å². The van der Waals surface area contributed by atoms with Gasteiger partial charge < -0.3 is 20.6 Å². The first kappa shape index (κ1) is 37.4. The molecule has 12 rings (SSSR count). The Morgan fingerprint density at radius 1 is 0.750 bits per heavy atom. The molecule has 4 N–H and O–H groups in total. The maximum atomic E-state index is 5.20. The summed E-state index contributed by atoms with van der Waals surface area (Å²) in [6.45, 7) is 20.8. The first-order valence-electron chi connectivity index (χ1n) is 22.3. The highest BCUT2D eigenvalue weighted by molar-refractivity contribution is 7.19. The molecule has 1 atom stereocenters. The van der Waals surface area contributed by atoms with E-state index in [1.54, 1.807) is 16.1 Å². The van der Waals surface area contributed by atoms with Gasteiger partial charge in [0.25, 0.3) is 0 Å². The third-order valence-corrected chi connectivity index (χ3v) is 18.0. The van der Waals surface area contributed by atoms with Crippen molar-refractivity contribution in [2.24, 2.45) is 5.41 Å². The van der Waals surface area contributed by atoms with E-state index >= 15 is 0 Å². The van der Waals surface area contributed by atoms with Crippen LogP contribution in [0.1, 0.15) is 151 Å². The monoisotopic (exact) mass is 836 g/mol. The minimum Gasteiger partial charge on any atom is -0.346 e. The SMILES string of the molecule is Cc1c(C2CC3(CCNC3)C2)sc2[nH]c(-c3cc(C)c4nc(C5CCC6(CC(c7sc8[nH]c(-c9cc(C)c%10ncnn%10c9)c(C(C)C)c8c7C)C6)N5)nn4c3)c(C(C)C)c12. The van der Waals surface area contributed by atoms with Gasteiger partial charge in [-0.25, -0.2) is 19.0 Å². The Labute approximate surface area is 359 Å². The average molecular weight is 837 g/mol. The molecule has 0 radical (unpaired) electrons. The fourth-order valence-electron chi connectivity index (χ4n) is 12.4. The fourth-order valence-corrected chi connectivity index (χ4v) is 15.1. The van der Waals surface area contributed by atoms with Gasteiger partial charge in [-0.2, -0.15) is 5.10 Å². The summed E-state index contributed by atoms with van der Waals surface area (Å²) < 4.78 is 3.96. The predicted molar refractivity (Wildman–Crippen MR) is 245 cm³/mol. The second-order valence-corrected chi connectivity index (χ2v) is 22.1. The number of pyridine rings is 2. The van der Waals surface area contributed by atoms with E-state index in [1.165, 1.54) is 110 Å². The maximum Gasteiger partial charge on any atom is 0.168 e. The lowest BCUT2D eigenvalue weighted by Crippen LogP contribution is -2.50. The standard InChI is InChI=1S/C48H56N10S2/c1-23(2)34-37-28(8)41(60-46(37)52-38(34)29-13-25(5)43-50-22-51-57(43)19-29)32-17-48(18-32)10-9-33(55-48)42-54-44-26(6)14-30(20-58(44)56-42)39-35(24(3)4)36-27(7)40(59-45(36)53-39)31-15-47(16-31)11-12-49-21-47/h13-14,19-20,22-24,31-33,49,52-53,55H,9-12,15-18,21H2,1-8H3. The number of aromatic amines is 2. The van der Waals surface area contributed by atoms with Gasteiger partial charge in [0.15, 0.2) is 17.1 Å². The molecule has 310 valence electrons. The topological polar surface area (TPSA) is 116 Å². The molecule has 2 spiro atoms. The Morgan fingerprint density at radius 3 is 1.95 bits per heavy atom. The second-order valence-electron chi connectivity index (χ2n) is 20.0. The van der Waals surface area contributed by atoms with Crippen LogP contribution in [-0.2, 0) is 0 Å². The van der Waals surface area contributed by atoms with Gasteiger partial charge in [0.05, 0.1) is 17.4 Å². The van der Waals surface area contributed by atoms with E-state index in [0.29, 0.717) is 29.1 Å². The molecule has 2 aliphatic carbocycles. The van der Waals surface area contributed by atoms with Crippen LogP contribution in [0.25, 0.3) is 54.2 Å². The highest BCUT2D eigenvalue weighted by atomic mass is 32.1. The zero-order valence-corrected chi connectivity index (χ0v) is 37.8. The van der Waals surface area contributed by atoms with Crippen LogP contribution in [0, 0.1) is 33.1 Å². The first-order chi connectivity index (χ1) is 28.9. The van der Waals surface area contributed by atoms with Crippen molar-refractivity contribution in [2.75, 3.05) is 13.1 Å². The number of fused-ring (bicyclic) bond motifs is 4. The van der Waals surface area contributed by atoms with Crippen molar-refractivity contribution in [1.82, 2.24) is 49.8 Å². The van der Waals surface area contributed by atoms with Gasteiger partial charge in [-0.15, -0.1) is 27.8 Å². The summed E-state index contributed by atoms with van der Waals surface area (Å²) in [7, 11) is 0. The van der Waals surface area contributed by atoms with Crippen molar-refractivity contribution in [3.63, 3.8) is 0 Å². The molecule has 0 bridgehead atoms. The second kappa shape index (κ2) is 13.1. The van der Waals surface area contributed by atoms with Crippen LogP contribution < -0.4 is 10.6 Å². The van der Waals surface area contributed by atoms with E-state index in [-0.39, 0.29) is 11.6 Å². The molecule has 0 aromatic carbocycles. The number of hydrogen-bond acceptors (Lipinski definition) is 8. The molecule has 2 saturated carbocycles. The molecule has 10 heterocycles. The molecule has 4 aliphatic rings. The smallest absolute Gasteiger partial charge is 0.168 e. The third-order valence-electron chi connectivity index (χ3n) is 15.3. The minimum atomic E-state index is 0.154. The molecule has 1 unspecified atom stereocenters. The Kier molecular flexibility index (Phi) is 8.15. The molecule has 0 amide bonds. The number of hydrogen-bond donors (Lipinski definition) is 4.